The fourth-order valence-electron chi connectivity index (χ4n) is 4.49. The molecule has 9 nitrogen and oxygen atoms in total. The number of hydrogen-bond acceptors (Lipinski definition) is 7. The molecular formula is C26H32N8O. The first-order valence-corrected chi connectivity index (χ1v) is 12.2. The standard InChI is InChI=1S/C26H32N8O/c1-17(2)15-34-16-23-24(31-34)25(30-26(29-23)33-11-9-32(10-12-33)19(4)35)28-18(3)21-13-20-7-5-6-8-22(20)27-14-21/h5-8,13-14,16-18H,9-12,15H2,1-4H3,(H,28,29,30)/t18-/m1/s1. The number of carbonyl (C=O) groups excluding carboxylic acids is 1. The van der Waals surface area contributed by atoms with Gasteiger partial charge < -0.3 is 15.1 Å². The minimum absolute atomic E-state index is 0.0251. The molecule has 0 unspecified atom stereocenters. The molecule has 5 rings (SSSR count). The molecule has 3 aromatic heterocycles. The predicted molar refractivity (Wildman–Crippen MR) is 138 cm³/mol. The lowest BCUT2D eigenvalue weighted by atomic mass is 10.1. The van der Waals surface area contributed by atoms with Crippen molar-refractivity contribution in [2.24, 2.45) is 5.92 Å². The molecule has 0 spiro atoms. The third kappa shape index (κ3) is 4.89. The summed E-state index contributed by atoms with van der Waals surface area (Å²) in [6.07, 6.45) is 3.91. The summed E-state index contributed by atoms with van der Waals surface area (Å²) in [5.74, 6) is 1.95. The average Bonchev–Trinajstić information content (AvgIpc) is 3.25. The number of nitrogens with one attached hydrogen (secondary N) is 1. The van der Waals surface area contributed by atoms with E-state index in [0.29, 0.717) is 43.9 Å². The maximum Gasteiger partial charge on any atom is 0.228 e. The van der Waals surface area contributed by atoms with E-state index in [4.69, 9.17) is 15.1 Å². The number of anilines is 2. The minimum atomic E-state index is -0.0251. The highest BCUT2D eigenvalue weighted by Crippen LogP contribution is 2.28. The summed E-state index contributed by atoms with van der Waals surface area (Å²) in [5, 5.41) is 9.50. The number of piperazine rings is 1. The fraction of sp³-hybridized carbons (Fsp3) is 0.423. The van der Waals surface area contributed by atoms with Crippen molar-refractivity contribution in [3.8, 4) is 0 Å². The van der Waals surface area contributed by atoms with Gasteiger partial charge in [-0.2, -0.15) is 10.1 Å². The Morgan fingerprint density at radius 2 is 1.83 bits per heavy atom. The van der Waals surface area contributed by atoms with Crippen molar-refractivity contribution in [3.63, 3.8) is 0 Å². The highest BCUT2D eigenvalue weighted by molar-refractivity contribution is 5.86. The zero-order valence-corrected chi connectivity index (χ0v) is 20.8. The molecule has 0 bridgehead atoms. The highest BCUT2D eigenvalue weighted by Gasteiger charge is 2.23. The second-order valence-electron chi connectivity index (χ2n) is 9.67. The van der Waals surface area contributed by atoms with Crippen LogP contribution >= 0.6 is 0 Å². The topological polar surface area (TPSA) is 92.1 Å². The van der Waals surface area contributed by atoms with E-state index < -0.39 is 0 Å². The van der Waals surface area contributed by atoms with Crippen LogP contribution in [0.5, 0.6) is 0 Å². The van der Waals surface area contributed by atoms with Crippen molar-refractivity contribution >= 4 is 39.6 Å². The Morgan fingerprint density at radius 1 is 1.06 bits per heavy atom. The Kier molecular flexibility index (Phi) is 6.23. The van der Waals surface area contributed by atoms with Gasteiger partial charge in [-0.05, 0) is 30.5 Å². The summed E-state index contributed by atoms with van der Waals surface area (Å²) in [7, 11) is 0. The Morgan fingerprint density at radius 3 is 2.57 bits per heavy atom. The number of aromatic nitrogens is 5. The van der Waals surface area contributed by atoms with Crippen LogP contribution < -0.4 is 10.2 Å². The van der Waals surface area contributed by atoms with E-state index in [1.807, 2.05) is 40.2 Å². The van der Waals surface area contributed by atoms with Gasteiger partial charge in [-0.15, -0.1) is 0 Å². The number of fused-ring (bicyclic) bond motifs is 2. The van der Waals surface area contributed by atoms with Gasteiger partial charge in [0.05, 0.1) is 17.8 Å². The maximum absolute atomic E-state index is 11.7. The molecular weight excluding hydrogens is 440 g/mol. The van der Waals surface area contributed by atoms with Crippen LogP contribution in [0.1, 0.15) is 39.3 Å². The van der Waals surface area contributed by atoms with Crippen molar-refractivity contribution in [2.45, 2.75) is 40.3 Å². The zero-order valence-electron chi connectivity index (χ0n) is 20.8. The first-order chi connectivity index (χ1) is 16.9. The van der Waals surface area contributed by atoms with E-state index in [2.05, 4.69) is 48.1 Å². The smallest absolute Gasteiger partial charge is 0.228 e. The third-order valence-electron chi connectivity index (χ3n) is 6.42. The molecule has 0 aliphatic carbocycles. The molecule has 0 radical (unpaired) electrons. The average molecular weight is 473 g/mol. The molecule has 35 heavy (non-hydrogen) atoms. The van der Waals surface area contributed by atoms with Crippen LogP contribution in [0.2, 0.25) is 0 Å². The number of nitrogens with zero attached hydrogens (tertiary/aromatic N) is 7. The largest absolute Gasteiger partial charge is 0.361 e. The van der Waals surface area contributed by atoms with Gasteiger partial charge in [-0.25, -0.2) is 4.98 Å². The van der Waals surface area contributed by atoms with Crippen molar-refractivity contribution in [2.75, 3.05) is 36.4 Å². The summed E-state index contributed by atoms with van der Waals surface area (Å²) in [6.45, 7) is 11.6. The number of pyridine rings is 1. The number of rotatable bonds is 6. The predicted octanol–water partition coefficient (Wildman–Crippen LogP) is 3.87. The van der Waals surface area contributed by atoms with Gasteiger partial charge in [0.1, 0.15) is 5.52 Å². The van der Waals surface area contributed by atoms with Gasteiger partial charge in [0, 0.05) is 51.2 Å². The monoisotopic (exact) mass is 472 g/mol. The Labute approximate surface area is 205 Å². The van der Waals surface area contributed by atoms with Crippen molar-refractivity contribution in [1.82, 2.24) is 29.6 Å². The normalized spacial score (nSPS) is 15.2. The lowest BCUT2D eigenvalue weighted by Gasteiger charge is -2.34. The third-order valence-corrected chi connectivity index (χ3v) is 6.42. The molecule has 1 amide bonds. The molecule has 1 atom stereocenters. The zero-order chi connectivity index (χ0) is 24.5. The van der Waals surface area contributed by atoms with Crippen LogP contribution in [0.3, 0.4) is 0 Å². The number of carbonyl (C=O) groups is 1. The lowest BCUT2D eigenvalue weighted by Crippen LogP contribution is -2.48. The molecule has 1 aliphatic rings. The van der Waals surface area contributed by atoms with Crippen LogP contribution in [0, 0.1) is 5.92 Å². The second kappa shape index (κ2) is 9.48. The molecule has 182 valence electrons. The molecule has 1 aliphatic heterocycles. The molecule has 4 aromatic rings. The fourth-order valence-corrected chi connectivity index (χ4v) is 4.49. The number of benzene rings is 1. The van der Waals surface area contributed by atoms with Crippen molar-refractivity contribution < 1.29 is 4.79 Å². The maximum atomic E-state index is 11.7. The summed E-state index contributed by atoms with van der Waals surface area (Å²) in [6, 6.07) is 10.3. The minimum Gasteiger partial charge on any atom is -0.361 e. The van der Waals surface area contributed by atoms with E-state index >= 15 is 0 Å². The number of para-hydroxylation sites is 1. The molecule has 1 saturated heterocycles. The Hall–Kier alpha value is -3.75. The van der Waals surface area contributed by atoms with Gasteiger partial charge in [0.15, 0.2) is 11.3 Å². The highest BCUT2D eigenvalue weighted by atomic mass is 16.2. The van der Waals surface area contributed by atoms with Crippen molar-refractivity contribution in [3.05, 3.63) is 48.3 Å². The van der Waals surface area contributed by atoms with E-state index in [0.717, 1.165) is 34.0 Å². The van der Waals surface area contributed by atoms with Gasteiger partial charge in [0.2, 0.25) is 11.9 Å². The molecule has 4 heterocycles. The van der Waals surface area contributed by atoms with E-state index in [1.54, 1.807) is 6.92 Å². The first kappa shape index (κ1) is 23.0. The van der Waals surface area contributed by atoms with Gasteiger partial charge in [-0.3, -0.25) is 14.5 Å². The molecule has 1 fully saturated rings. The summed E-state index contributed by atoms with van der Waals surface area (Å²) in [4.78, 5) is 30.2. The van der Waals surface area contributed by atoms with Gasteiger partial charge in [0.25, 0.3) is 0 Å². The molecule has 1 aromatic carbocycles. The van der Waals surface area contributed by atoms with Crippen molar-refractivity contribution in [1.29, 1.82) is 0 Å². The van der Waals surface area contributed by atoms with Crippen LogP contribution in [-0.2, 0) is 11.3 Å². The van der Waals surface area contributed by atoms with Crippen LogP contribution in [0.25, 0.3) is 21.9 Å². The first-order valence-electron chi connectivity index (χ1n) is 12.2. The molecule has 1 N–H and O–H groups in total. The summed E-state index contributed by atoms with van der Waals surface area (Å²) >= 11 is 0. The summed E-state index contributed by atoms with van der Waals surface area (Å²) < 4.78 is 1.95. The van der Waals surface area contributed by atoms with Crippen LogP contribution in [-0.4, -0.2) is 61.7 Å². The Bertz CT molecular complexity index is 1360. The SMILES string of the molecule is CC(=O)N1CCN(c2nc(N[C@H](C)c3cnc4ccccc4c3)c3nn(CC(C)C)cc3n2)CC1. The Balaban J connectivity index is 1.47. The van der Waals surface area contributed by atoms with E-state index in [1.165, 1.54) is 0 Å². The second-order valence-corrected chi connectivity index (χ2v) is 9.67. The number of hydrogen-bond donors (Lipinski definition) is 1. The van der Waals surface area contributed by atoms with E-state index in [-0.39, 0.29) is 11.9 Å². The van der Waals surface area contributed by atoms with Crippen LogP contribution in [0.15, 0.2) is 42.7 Å². The van der Waals surface area contributed by atoms with E-state index in [9.17, 15) is 4.79 Å². The lowest BCUT2D eigenvalue weighted by molar-refractivity contribution is -0.129. The van der Waals surface area contributed by atoms with Gasteiger partial charge >= 0.3 is 0 Å². The van der Waals surface area contributed by atoms with Gasteiger partial charge in [-0.1, -0.05) is 32.0 Å². The quantitative estimate of drug-likeness (QED) is 0.455. The molecule has 9 heteroatoms. The number of amides is 1. The molecule has 0 saturated carbocycles. The summed E-state index contributed by atoms with van der Waals surface area (Å²) in [5.41, 5.74) is 3.63. The van der Waals surface area contributed by atoms with Crippen LogP contribution in [0.4, 0.5) is 11.8 Å².